The molecule has 1 atom stereocenters. The van der Waals surface area contributed by atoms with E-state index in [-0.39, 0.29) is 12.6 Å². The minimum atomic E-state index is -0.998. The van der Waals surface area contributed by atoms with E-state index >= 15 is 0 Å². The topological polar surface area (TPSA) is 50.7 Å². The van der Waals surface area contributed by atoms with Crippen molar-refractivity contribution in [2.75, 3.05) is 20.8 Å². The van der Waals surface area contributed by atoms with Crippen LogP contribution in [0.5, 0.6) is 0 Å². The van der Waals surface area contributed by atoms with Crippen LogP contribution in [0.3, 0.4) is 0 Å². The molecule has 13 heavy (non-hydrogen) atoms. The van der Waals surface area contributed by atoms with E-state index in [1.807, 2.05) is 6.92 Å². The third kappa shape index (κ3) is 3.08. The predicted octanol–water partition coefficient (Wildman–Crippen LogP) is 0.479. The number of nitrogens with one attached hydrogen (secondary N) is 1. The standard InChI is InChI=1S/C9H19NO3/c1-7(2)9(12-4,13-5)10-8(3)6-11/h8,10-11H,1,6H2,2-5H3. The smallest absolute Gasteiger partial charge is 0.250 e. The van der Waals surface area contributed by atoms with E-state index in [0.717, 1.165) is 0 Å². The summed E-state index contributed by atoms with van der Waals surface area (Å²) in [5.74, 6) is -0.998. The van der Waals surface area contributed by atoms with Gasteiger partial charge in [0.05, 0.1) is 6.61 Å². The Morgan fingerprint density at radius 2 is 2.00 bits per heavy atom. The summed E-state index contributed by atoms with van der Waals surface area (Å²) in [5, 5.41) is 11.9. The molecule has 0 heterocycles. The normalized spacial score (nSPS) is 14.2. The summed E-state index contributed by atoms with van der Waals surface area (Å²) in [6.07, 6.45) is 0. The maximum absolute atomic E-state index is 8.87. The number of aliphatic hydroxyl groups excluding tert-OH is 1. The van der Waals surface area contributed by atoms with Crippen molar-refractivity contribution in [1.29, 1.82) is 0 Å². The van der Waals surface area contributed by atoms with Gasteiger partial charge in [-0.2, -0.15) is 0 Å². The third-order valence-electron chi connectivity index (χ3n) is 1.85. The molecule has 4 heteroatoms. The molecule has 0 amide bonds. The van der Waals surface area contributed by atoms with Crippen LogP contribution in [0.2, 0.25) is 0 Å². The Kier molecular flexibility index (Phi) is 5.17. The number of ether oxygens (including phenoxy) is 2. The van der Waals surface area contributed by atoms with Gasteiger partial charge < -0.3 is 14.6 Å². The Hall–Kier alpha value is -0.420. The first-order chi connectivity index (χ1) is 6.02. The molecule has 0 saturated heterocycles. The van der Waals surface area contributed by atoms with Crippen molar-refractivity contribution in [3.63, 3.8) is 0 Å². The van der Waals surface area contributed by atoms with Gasteiger partial charge >= 0.3 is 0 Å². The van der Waals surface area contributed by atoms with E-state index in [9.17, 15) is 0 Å². The average molecular weight is 189 g/mol. The van der Waals surface area contributed by atoms with Crippen molar-refractivity contribution in [2.45, 2.75) is 25.8 Å². The Labute approximate surface area is 79.5 Å². The highest BCUT2D eigenvalue weighted by atomic mass is 16.7. The summed E-state index contributed by atoms with van der Waals surface area (Å²) in [5.41, 5.74) is 0.706. The van der Waals surface area contributed by atoms with Crippen molar-refractivity contribution in [1.82, 2.24) is 5.32 Å². The average Bonchev–Trinajstić information content (AvgIpc) is 2.13. The molecular formula is C9H19NO3. The monoisotopic (exact) mass is 189 g/mol. The number of rotatable bonds is 6. The quantitative estimate of drug-likeness (QED) is 0.471. The van der Waals surface area contributed by atoms with Gasteiger partial charge in [-0.3, -0.25) is 5.32 Å². The fourth-order valence-electron chi connectivity index (χ4n) is 1.04. The highest BCUT2D eigenvalue weighted by Gasteiger charge is 2.31. The molecule has 0 fully saturated rings. The summed E-state index contributed by atoms with van der Waals surface area (Å²) in [6, 6.07) is -0.114. The van der Waals surface area contributed by atoms with Gasteiger partial charge in [0, 0.05) is 20.3 Å². The van der Waals surface area contributed by atoms with Crippen molar-refractivity contribution in [3.8, 4) is 0 Å². The zero-order valence-electron chi connectivity index (χ0n) is 8.76. The first-order valence-electron chi connectivity index (χ1n) is 4.17. The molecular weight excluding hydrogens is 170 g/mol. The third-order valence-corrected chi connectivity index (χ3v) is 1.85. The molecule has 0 aromatic rings. The van der Waals surface area contributed by atoms with E-state index in [1.165, 1.54) is 14.2 Å². The van der Waals surface area contributed by atoms with Crippen LogP contribution in [0.25, 0.3) is 0 Å². The van der Waals surface area contributed by atoms with E-state index in [0.29, 0.717) is 5.57 Å². The Balaban J connectivity index is 4.48. The second-order valence-electron chi connectivity index (χ2n) is 3.03. The second-order valence-corrected chi connectivity index (χ2v) is 3.03. The number of aliphatic hydroxyl groups is 1. The summed E-state index contributed by atoms with van der Waals surface area (Å²) in [6.45, 7) is 7.40. The molecule has 2 N–H and O–H groups in total. The summed E-state index contributed by atoms with van der Waals surface area (Å²) in [4.78, 5) is 0. The van der Waals surface area contributed by atoms with Crippen LogP contribution in [-0.4, -0.2) is 37.9 Å². The van der Waals surface area contributed by atoms with Gasteiger partial charge in [0.15, 0.2) is 0 Å². The second kappa shape index (κ2) is 5.34. The van der Waals surface area contributed by atoms with Gasteiger partial charge in [0.25, 0.3) is 5.91 Å². The predicted molar refractivity (Wildman–Crippen MR) is 51.2 cm³/mol. The highest BCUT2D eigenvalue weighted by molar-refractivity contribution is 5.03. The first-order valence-corrected chi connectivity index (χ1v) is 4.17. The van der Waals surface area contributed by atoms with Crippen LogP contribution in [0.1, 0.15) is 13.8 Å². The van der Waals surface area contributed by atoms with Crippen molar-refractivity contribution in [2.24, 2.45) is 0 Å². The van der Waals surface area contributed by atoms with Gasteiger partial charge in [-0.15, -0.1) is 0 Å². The molecule has 0 aliphatic carbocycles. The van der Waals surface area contributed by atoms with Crippen LogP contribution in [0, 0.1) is 0 Å². The van der Waals surface area contributed by atoms with E-state index < -0.39 is 5.91 Å². The SMILES string of the molecule is C=C(C)C(NC(C)CO)(OC)OC. The Morgan fingerprint density at radius 3 is 2.23 bits per heavy atom. The molecule has 0 radical (unpaired) electrons. The van der Waals surface area contributed by atoms with Crippen LogP contribution >= 0.6 is 0 Å². The van der Waals surface area contributed by atoms with Crippen molar-refractivity contribution >= 4 is 0 Å². The number of methoxy groups -OCH3 is 2. The molecule has 0 aromatic heterocycles. The van der Waals surface area contributed by atoms with Crippen molar-refractivity contribution < 1.29 is 14.6 Å². The van der Waals surface area contributed by atoms with Gasteiger partial charge in [0.2, 0.25) is 0 Å². The van der Waals surface area contributed by atoms with Gasteiger partial charge in [-0.25, -0.2) is 0 Å². The molecule has 0 aromatic carbocycles. The van der Waals surface area contributed by atoms with E-state index in [4.69, 9.17) is 14.6 Å². The maximum atomic E-state index is 8.87. The highest BCUT2D eigenvalue weighted by Crippen LogP contribution is 2.17. The molecule has 4 nitrogen and oxygen atoms in total. The van der Waals surface area contributed by atoms with Crippen molar-refractivity contribution in [3.05, 3.63) is 12.2 Å². The lowest BCUT2D eigenvalue weighted by Gasteiger charge is -2.34. The molecule has 0 saturated carbocycles. The molecule has 0 aliphatic rings. The minimum Gasteiger partial charge on any atom is -0.395 e. The van der Waals surface area contributed by atoms with E-state index in [2.05, 4.69) is 11.9 Å². The summed E-state index contributed by atoms with van der Waals surface area (Å²) >= 11 is 0. The fourth-order valence-corrected chi connectivity index (χ4v) is 1.04. The Bertz CT molecular complexity index is 166. The number of hydrogen-bond acceptors (Lipinski definition) is 4. The lowest BCUT2D eigenvalue weighted by molar-refractivity contribution is -0.205. The lowest BCUT2D eigenvalue weighted by Crippen LogP contribution is -2.54. The molecule has 0 rings (SSSR count). The van der Waals surface area contributed by atoms with Crippen LogP contribution < -0.4 is 5.32 Å². The lowest BCUT2D eigenvalue weighted by atomic mass is 10.2. The molecule has 0 spiro atoms. The zero-order chi connectivity index (χ0) is 10.5. The number of hydrogen-bond donors (Lipinski definition) is 2. The maximum Gasteiger partial charge on any atom is 0.250 e. The van der Waals surface area contributed by atoms with Crippen LogP contribution in [0.15, 0.2) is 12.2 Å². The van der Waals surface area contributed by atoms with Gasteiger partial charge in [-0.1, -0.05) is 6.58 Å². The molecule has 0 aliphatic heterocycles. The van der Waals surface area contributed by atoms with Gasteiger partial charge in [-0.05, 0) is 19.4 Å². The largest absolute Gasteiger partial charge is 0.395 e. The Morgan fingerprint density at radius 1 is 1.54 bits per heavy atom. The summed E-state index contributed by atoms with van der Waals surface area (Å²) < 4.78 is 10.4. The van der Waals surface area contributed by atoms with E-state index in [1.54, 1.807) is 6.92 Å². The van der Waals surface area contributed by atoms with Crippen LogP contribution in [0.4, 0.5) is 0 Å². The van der Waals surface area contributed by atoms with Crippen LogP contribution in [-0.2, 0) is 9.47 Å². The molecule has 0 bridgehead atoms. The minimum absolute atomic E-state index is 0.0156. The zero-order valence-corrected chi connectivity index (χ0v) is 8.76. The molecule has 1 unspecified atom stereocenters. The molecule has 78 valence electrons. The summed E-state index contributed by atoms with van der Waals surface area (Å²) in [7, 11) is 3.05. The van der Waals surface area contributed by atoms with Gasteiger partial charge in [0.1, 0.15) is 0 Å². The fraction of sp³-hybridized carbons (Fsp3) is 0.778. The first kappa shape index (κ1) is 12.6.